The van der Waals surface area contributed by atoms with Crippen molar-refractivity contribution in [3.8, 4) is 11.1 Å². The summed E-state index contributed by atoms with van der Waals surface area (Å²) in [6.45, 7) is 8.01. The first kappa shape index (κ1) is 21.8. The van der Waals surface area contributed by atoms with E-state index < -0.39 is 34.1 Å². The molecule has 0 fully saturated rings. The van der Waals surface area contributed by atoms with Crippen LogP contribution in [0.5, 0.6) is 0 Å². The van der Waals surface area contributed by atoms with Crippen molar-refractivity contribution in [2.24, 2.45) is 10.8 Å². The predicted molar refractivity (Wildman–Crippen MR) is 108 cm³/mol. The van der Waals surface area contributed by atoms with Crippen LogP contribution in [0.4, 0.5) is 13.2 Å². The molecule has 0 saturated heterocycles. The molecular weight excluding hydrogens is 393 g/mol. The number of carbonyl (C=O) groups excluding carboxylic acids is 2. The highest BCUT2D eigenvalue weighted by molar-refractivity contribution is 6.33. The van der Waals surface area contributed by atoms with Crippen molar-refractivity contribution in [2.45, 2.75) is 41.0 Å². The molecule has 0 spiro atoms. The maximum atomic E-state index is 14.2. The minimum absolute atomic E-state index is 0.0544. The molecule has 6 heteroatoms. The van der Waals surface area contributed by atoms with Gasteiger partial charge >= 0.3 is 0 Å². The maximum absolute atomic E-state index is 14.2. The number of allylic oxidation sites excluding steroid dienone is 2. The molecule has 158 valence electrons. The van der Waals surface area contributed by atoms with E-state index in [-0.39, 0.29) is 22.7 Å². The van der Waals surface area contributed by atoms with Gasteiger partial charge in [0.2, 0.25) is 0 Å². The SMILES string of the molecule is CCc1cc(-c2cc(F)c(F)cc2F)ccc1C1=C(O)C(C)(C)C(=O)C(C)(C)C1=O. The van der Waals surface area contributed by atoms with Gasteiger partial charge in [-0.05, 0) is 56.9 Å². The van der Waals surface area contributed by atoms with Crippen molar-refractivity contribution in [2.75, 3.05) is 0 Å². The molecule has 0 amide bonds. The van der Waals surface area contributed by atoms with Crippen molar-refractivity contribution >= 4 is 17.1 Å². The van der Waals surface area contributed by atoms with Gasteiger partial charge in [-0.3, -0.25) is 9.59 Å². The van der Waals surface area contributed by atoms with Gasteiger partial charge in [-0.25, -0.2) is 13.2 Å². The molecule has 2 aromatic rings. The number of halogens is 3. The number of aliphatic hydroxyl groups is 1. The Kier molecular flexibility index (Phi) is 5.17. The van der Waals surface area contributed by atoms with Crippen LogP contribution in [-0.2, 0) is 16.0 Å². The van der Waals surface area contributed by atoms with E-state index in [4.69, 9.17) is 0 Å². The van der Waals surface area contributed by atoms with Gasteiger partial charge in [-0.2, -0.15) is 0 Å². The number of aryl methyl sites for hydroxylation is 1. The zero-order valence-corrected chi connectivity index (χ0v) is 17.5. The summed E-state index contributed by atoms with van der Waals surface area (Å²) < 4.78 is 41.2. The lowest BCUT2D eigenvalue weighted by Gasteiger charge is -2.38. The zero-order chi connectivity index (χ0) is 22.6. The molecule has 0 aromatic heterocycles. The summed E-state index contributed by atoms with van der Waals surface area (Å²) in [7, 11) is 0. The minimum Gasteiger partial charge on any atom is -0.510 e. The fraction of sp³-hybridized carbons (Fsp3) is 0.333. The fourth-order valence-electron chi connectivity index (χ4n) is 4.02. The van der Waals surface area contributed by atoms with E-state index in [1.54, 1.807) is 26.0 Å². The van der Waals surface area contributed by atoms with Gasteiger partial charge in [0.05, 0.1) is 16.4 Å². The van der Waals surface area contributed by atoms with Gasteiger partial charge in [0.25, 0.3) is 0 Å². The first-order valence-corrected chi connectivity index (χ1v) is 9.65. The van der Waals surface area contributed by atoms with Crippen molar-refractivity contribution in [3.05, 3.63) is 64.7 Å². The smallest absolute Gasteiger partial charge is 0.179 e. The van der Waals surface area contributed by atoms with Crippen molar-refractivity contribution in [1.82, 2.24) is 0 Å². The van der Waals surface area contributed by atoms with Gasteiger partial charge in [0, 0.05) is 11.6 Å². The molecule has 0 unspecified atom stereocenters. The van der Waals surface area contributed by atoms with Crippen LogP contribution in [0.3, 0.4) is 0 Å². The topological polar surface area (TPSA) is 54.4 Å². The van der Waals surface area contributed by atoms with Crippen LogP contribution in [0.25, 0.3) is 16.7 Å². The van der Waals surface area contributed by atoms with E-state index in [0.29, 0.717) is 29.2 Å². The maximum Gasteiger partial charge on any atom is 0.179 e. The van der Waals surface area contributed by atoms with E-state index in [9.17, 15) is 27.9 Å². The Morgan fingerprint density at radius 2 is 1.43 bits per heavy atom. The second-order valence-corrected chi connectivity index (χ2v) is 8.60. The third-order valence-electron chi connectivity index (χ3n) is 5.84. The Morgan fingerprint density at radius 1 is 0.833 bits per heavy atom. The Hall–Kier alpha value is -2.89. The van der Waals surface area contributed by atoms with E-state index in [2.05, 4.69) is 0 Å². The quantitative estimate of drug-likeness (QED) is 0.508. The Morgan fingerprint density at radius 3 is 2.03 bits per heavy atom. The Balaban J connectivity index is 2.24. The highest BCUT2D eigenvalue weighted by Crippen LogP contribution is 2.47. The monoisotopic (exact) mass is 416 g/mol. The first-order chi connectivity index (χ1) is 13.8. The van der Waals surface area contributed by atoms with Crippen LogP contribution in [0.2, 0.25) is 0 Å². The highest BCUT2D eigenvalue weighted by Gasteiger charge is 2.53. The summed E-state index contributed by atoms with van der Waals surface area (Å²) in [5, 5.41) is 10.8. The summed E-state index contributed by atoms with van der Waals surface area (Å²) in [6.07, 6.45) is 0.424. The molecule has 1 aliphatic rings. The molecule has 0 atom stereocenters. The molecule has 0 saturated carbocycles. The van der Waals surface area contributed by atoms with E-state index in [1.807, 2.05) is 6.92 Å². The van der Waals surface area contributed by atoms with Gasteiger partial charge in [-0.15, -0.1) is 0 Å². The summed E-state index contributed by atoms with van der Waals surface area (Å²) in [4.78, 5) is 25.9. The second-order valence-electron chi connectivity index (χ2n) is 8.60. The van der Waals surface area contributed by atoms with Crippen molar-refractivity contribution in [3.63, 3.8) is 0 Å². The zero-order valence-electron chi connectivity index (χ0n) is 17.5. The number of hydrogen-bond donors (Lipinski definition) is 1. The number of benzene rings is 2. The number of Topliss-reactive ketones (excluding diaryl/α,β-unsaturated/α-hetero) is 2. The van der Waals surface area contributed by atoms with Crippen LogP contribution in [-0.4, -0.2) is 16.7 Å². The molecule has 3 rings (SSSR count). The van der Waals surface area contributed by atoms with Crippen molar-refractivity contribution < 1.29 is 27.9 Å². The summed E-state index contributed by atoms with van der Waals surface area (Å²) >= 11 is 0. The van der Waals surface area contributed by atoms with Gasteiger partial charge < -0.3 is 5.11 Å². The molecule has 30 heavy (non-hydrogen) atoms. The highest BCUT2D eigenvalue weighted by atomic mass is 19.2. The lowest BCUT2D eigenvalue weighted by atomic mass is 9.62. The van der Waals surface area contributed by atoms with Crippen LogP contribution < -0.4 is 0 Å². The lowest BCUT2D eigenvalue weighted by molar-refractivity contribution is -0.143. The second kappa shape index (κ2) is 7.11. The number of rotatable bonds is 3. The van der Waals surface area contributed by atoms with Crippen LogP contribution in [0.1, 0.15) is 45.7 Å². The third-order valence-corrected chi connectivity index (χ3v) is 5.84. The summed E-state index contributed by atoms with van der Waals surface area (Å²) in [5.74, 6) is -4.53. The lowest BCUT2D eigenvalue weighted by Crippen LogP contribution is -2.48. The predicted octanol–water partition coefficient (Wildman–Crippen LogP) is 5.81. The molecule has 0 radical (unpaired) electrons. The molecule has 1 N–H and O–H groups in total. The summed E-state index contributed by atoms with van der Waals surface area (Å²) in [6, 6.07) is 5.87. The number of ketones is 2. The molecule has 1 aliphatic carbocycles. The molecule has 0 heterocycles. The van der Waals surface area contributed by atoms with Crippen LogP contribution in [0.15, 0.2) is 36.1 Å². The van der Waals surface area contributed by atoms with Crippen LogP contribution in [0, 0.1) is 28.3 Å². The standard InChI is InChI=1S/C24H23F3O3/c1-6-12-9-13(15-10-17(26)18(27)11-16(15)25)7-8-14(12)19-20(28)23(2,3)22(30)24(4,5)21(19)29/h7-11,28H,6H2,1-5H3. The van der Waals surface area contributed by atoms with E-state index in [1.165, 1.54) is 19.9 Å². The molecule has 0 aliphatic heterocycles. The average Bonchev–Trinajstić information content (AvgIpc) is 2.69. The largest absolute Gasteiger partial charge is 0.510 e. The third kappa shape index (κ3) is 3.15. The first-order valence-electron chi connectivity index (χ1n) is 9.65. The Bertz CT molecular complexity index is 1110. The fourth-order valence-corrected chi connectivity index (χ4v) is 4.02. The number of hydrogen-bond acceptors (Lipinski definition) is 3. The van der Waals surface area contributed by atoms with Gasteiger partial charge in [0.1, 0.15) is 11.6 Å². The number of aliphatic hydroxyl groups excluding tert-OH is 1. The molecule has 3 nitrogen and oxygen atoms in total. The average molecular weight is 416 g/mol. The molecule has 2 aromatic carbocycles. The van der Waals surface area contributed by atoms with E-state index in [0.717, 1.165) is 6.07 Å². The van der Waals surface area contributed by atoms with Crippen LogP contribution >= 0.6 is 0 Å². The molecule has 0 bridgehead atoms. The van der Waals surface area contributed by atoms with Gasteiger partial charge in [-0.1, -0.05) is 25.1 Å². The minimum atomic E-state index is -1.32. The Labute approximate surface area is 173 Å². The van der Waals surface area contributed by atoms with E-state index >= 15 is 0 Å². The summed E-state index contributed by atoms with van der Waals surface area (Å²) in [5.41, 5.74) is -1.28. The normalized spacial score (nSPS) is 18.1. The molecular formula is C24H23F3O3. The number of carbonyl (C=O) groups is 2. The van der Waals surface area contributed by atoms with Gasteiger partial charge in [0.15, 0.2) is 23.2 Å². The van der Waals surface area contributed by atoms with Crippen molar-refractivity contribution in [1.29, 1.82) is 0 Å².